The second-order valence-corrected chi connectivity index (χ2v) is 9.19. The molecule has 2 aliphatic heterocycles. The Bertz CT molecular complexity index is 796. The van der Waals surface area contributed by atoms with E-state index in [1.54, 1.807) is 17.4 Å². The lowest BCUT2D eigenvalue weighted by Crippen LogP contribution is -3.00. The number of carbonyl (C=O) groups is 1. The molecule has 4 rings (SSSR count). The summed E-state index contributed by atoms with van der Waals surface area (Å²) in [5, 5.41) is 5.59. The fourth-order valence-electron chi connectivity index (χ4n) is 4.48. The van der Waals surface area contributed by atoms with E-state index in [1.807, 2.05) is 29.6 Å². The van der Waals surface area contributed by atoms with E-state index < -0.39 is 0 Å². The number of anilines is 1. The summed E-state index contributed by atoms with van der Waals surface area (Å²) in [7, 11) is 4.61. The Morgan fingerprint density at radius 3 is 2.56 bits per heavy atom. The lowest BCUT2D eigenvalue weighted by Gasteiger charge is -2.43. The second-order valence-electron chi connectivity index (χ2n) is 7.81. The maximum Gasteiger partial charge on any atom is 0.411 e. The highest BCUT2D eigenvalue weighted by Gasteiger charge is 2.49. The van der Waals surface area contributed by atoms with Gasteiger partial charge in [0, 0.05) is 41.1 Å². The fourth-order valence-corrected chi connectivity index (χ4v) is 5.41. The quantitative estimate of drug-likeness (QED) is 0.698. The van der Waals surface area contributed by atoms with Crippen molar-refractivity contribution in [2.45, 2.75) is 43.9 Å². The third-order valence-corrected chi connectivity index (χ3v) is 7.20. The summed E-state index contributed by atoms with van der Waals surface area (Å²) in [5.74, 6) is 0. The Hall–Kier alpha value is -1.08. The van der Waals surface area contributed by atoms with Crippen LogP contribution in [0.3, 0.4) is 0 Å². The maximum atomic E-state index is 12.5. The smallest absolute Gasteiger partial charge is 0.411 e. The van der Waals surface area contributed by atoms with Gasteiger partial charge in [0.25, 0.3) is 0 Å². The van der Waals surface area contributed by atoms with Crippen LogP contribution in [0.1, 0.15) is 25.7 Å². The number of piperidine rings is 1. The highest BCUT2D eigenvalue weighted by atomic mass is 79.9. The van der Waals surface area contributed by atoms with Gasteiger partial charge in [0.05, 0.1) is 31.9 Å². The van der Waals surface area contributed by atoms with Gasteiger partial charge in [0.15, 0.2) is 0 Å². The molecule has 4 nitrogen and oxygen atoms in total. The van der Waals surface area contributed by atoms with Gasteiger partial charge in [0.1, 0.15) is 6.10 Å². The molecule has 3 atom stereocenters. The van der Waals surface area contributed by atoms with Gasteiger partial charge in [-0.2, -0.15) is 0 Å². The Morgan fingerprint density at radius 1 is 1.22 bits per heavy atom. The van der Waals surface area contributed by atoms with E-state index in [1.165, 1.54) is 12.8 Å². The number of nitrogens with one attached hydrogen (secondary N) is 1. The number of thiophene rings is 1. The third-order valence-electron chi connectivity index (χ3n) is 6.06. The van der Waals surface area contributed by atoms with E-state index in [9.17, 15) is 4.79 Å². The molecule has 2 aliphatic rings. The third kappa shape index (κ3) is 4.19. The number of hydrogen-bond acceptors (Lipinski definition) is 3. The highest BCUT2D eigenvalue weighted by Crippen LogP contribution is 2.41. The first-order valence-corrected chi connectivity index (χ1v) is 10.3. The average molecular weight is 472 g/mol. The topological polar surface area (TPSA) is 38.3 Å². The van der Waals surface area contributed by atoms with Crippen molar-refractivity contribution in [3.05, 3.63) is 40.7 Å². The molecule has 2 fully saturated rings. The predicted molar refractivity (Wildman–Crippen MR) is 107 cm³/mol. The molecule has 146 valence electrons. The van der Waals surface area contributed by atoms with Crippen LogP contribution in [0.2, 0.25) is 5.02 Å². The molecule has 2 bridgehead atoms. The van der Waals surface area contributed by atoms with Crippen molar-refractivity contribution >= 4 is 34.7 Å². The Labute approximate surface area is 179 Å². The largest absolute Gasteiger partial charge is 1.00 e. The minimum atomic E-state index is -0.373. The molecule has 27 heavy (non-hydrogen) atoms. The van der Waals surface area contributed by atoms with E-state index >= 15 is 0 Å². The summed E-state index contributed by atoms with van der Waals surface area (Å²) in [6.45, 7) is 0. The number of ether oxygens (including phenoxy) is 1. The summed E-state index contributed by atoms with van der Waals surface area (Å²) in [6.07, 6.45) is 4.01. The molecule has 1 aromatic carbocycles. The van der Waals surface area contributed by atoms with Crippen LogP contribution in [0.4, 0.5) is 10.5 Å². The number of halogens is 2. The van der Waals surface area contributed by atoms with Crippen molar-refractivity contribution < 1.29 is 31.0 Å². The Morgan fingerprint density at radius 2 is 1.93 bits per heavy atom. The van der Waals surface area contributed by atoms with Crippen LogP contribution in [0, 0.1) is 0 Å². The molecular formula is C20H24BrClN2O2S. The first-order chi connectivity index (χ1) is 12.4. The van der Waals surface area contributed by atoms with Crippen molar-refractivity contribution in [1.29, 1.82) is 0 Å². The lowest BCUT2D eigenvalue weighted by molar-refractivity contribution is -0.931. The zero-order valence-corrected chi connectivity index (χ0v) is 18.6. The van der Waals surface area contributed by atoms with Gasteiger partial charge in [-0.05, 0) is 29.6 Å². The number of hydrogen-bond donors (Lipinski definition) is 1. The lowest BCUT2D eigenvalue weighted by atomic mass is 9.98. The molecule has 7 heteroatoms. The first kappa shape index (κ1) is 20.6. The monoisotopic (exact) mass is 470 g/mol. The molecule has 0 saturated carbocycles. The van der Waals surface area contributed by atoms with E-state index in [0.717, 1.165) is 33.5 Å². The number of rotatable bonds is 3. The number of nitrogens with zero attached hydrogens (tertiary/aromatic N) is 1. The molecular weight excluding hydrogens is 448 g/mol. The number of amides is 1. The van der Waals surface area contributed by atoms with Crippen molar-refractivity contribution in [3.63, 3.8) is 0 Å². The normalized spacial score (nSPS) is 25.5. The van der Waals surface area contributed by atoms with Crippen molar-refractivity contribution in [1.82, 2.24) is 0 Å². The van der Waals surface area contributed by atoms with Crippen molar-refractivity contribution in [2.24, 2.45) is 0 Å². The van der Waals surface area contributed by atoms with Crippen LogP contribution >= 0.6 is 22.9 Å². The summed E-state index contributed by atoms with van der Waals surface area (Å²) < 4.78 is 6.85. The van der Waals surface area contributed by atoms with Gasteiger partial charge in [-0.3, -0.25) is 5.32 Å². The Kier molecular flexibility index (Phi) is 6.21. The minimum absolute atomic E-state index is 0. The standard InChI is InChI=1S/C20H23ClN2O2S.BrH/c1-23(2)14-6-7-15(23)12-16(11-14)25-20(24)22-18-8-5-13(21)10-17(18)19-4-3-9-26-19;/h3-5,8-10,14-16H,6-7,11-12H2,1-2H3;1H/t14-,15+,16+;. The zero-order valence-electron chi connectivity index (χ0n) is 15.5. The van der Waals surface area contributed by atoms with Gasteiger partial charge >= 0.3 is 6.09 Å². The molecule has 0 spiro atoms. The summed E-state index contributed by atoms with van der Waals surface area (Å²) in [6, 6.07) is 10.7. The highest BCUT2D eigenvalue weighted by molar-refractivity contribution is 7.13. The SMILES string of the molecule is C[N+]1(C)[C@@H]2CC[C@H]1C[C@@H](OC(=O)Nc1ccc(Cl)cc1-c1cccs1)C2.[Br-]. The summed E-state index contributed by atoms with van der Waals surface area (Å²) in [4.78, 5) is 13.6. The zero-order chi connectivity index (χ0) is 18.3. The number of carbonyl (C=O) groups excluding carboxylic acids is 1. The van der Waals surface area contributed by atoms with Crippen LogP contribution in [-0.4, -0.2) is 42.9 Å². The molecule has 1 N–H and O–H groups in total. The fraction of sp³-hybridized carbons (Fsp3) is 0.450. The maximum absolute atomic E-state index is 12.5. The second kappa shape index (κ2) is 8.11. The van der Waals surface area contributed by atoms with E-state index in [2.05, 4.69) is 19.4 Å². The summed E-state index contributed by atoms with van der Waals surface area (Å²) >= 11 is 7.77. The van der Waals surface area contributed by atoms with Crippen LogP contribution < -0.4 is 22.3 Å². The number of quaternary nitrogens is 1. The number of fused-ring (bicyclic) bond motifs is 2. The molecule has 2 aromatic rings. The van der Waals surface area contributed by atoms with Crippen molar-refractivity contribution in [3.8, 4) is 10.4 Å². The molecule has 2 saturated heterocycles. The molecule has 0 aliphatic carbocycles. The first-order valence-electron chi connectivity index (χ1n) is 9.08. The van der Waals surface area contributed by atoms with Crippen LogP contribution in [0.15, 0.2) is 35.7 Å². The summed E-state index contributed by atoms with van der Waals surface area (Å²) in [5.41, 5.74) is 1.66. The molecule has 0 radical (unpaired) electrons. The molecule has 0 unspecified atom stereocenters. The van der Waals surface area contributed by atoms with Crippen LogP contribution in [0.25, 0.3) is 10.4 Å². The average Bonchev–Trinajstić information content (AvgIpc) is 3.13. The number of benzene rings is 1. The van der Waals surface area contributed by atoms with Gasteiger partial charge in [0.2, 0.25) is 0 Å². The van der Waals surface area contributed by atoms with E-state index in [0.29, 0.717) is 17.1 Å². The van der Waals surface area contributed by atoms with Gasteiger partial charge in [-0.15, -0.1) is 11.3 Å². The van der Waals surface area contributed by atoms with Crippen LogP contribution in [-0.2, 0) is 4.74 Å². The van der Waals surface area contributed by atoms with Gasteiger partial charge in [-0.1, -0.05) is 17.7 Å². The molecule has 1 aromatic heterocycles. The van der Waals surface area contributed by atoms with Crippen LogP contribution in [0.5, 0.6) is 0 Å². The Balaban J connectivity index is 0.00000210. The van der Waals surface area contributed by atoms with E-state index in [4.69, 9.17) is 16.3 Å². The van der Waals surface area contributed by atoms with Gasteiger partial charge in [-0.25, -0.2) is 4.79 Å². The van der Waals surface area contributed by atoms with Crippen molar-refractivity contribution in [2.75, 3.05) is 19.4 Å². The van der Waals surface area contributed by atoms with E-state index in [-0.39, 0.29) is 29.2 Å². The molecule has 1 amide bonds. The minimum Gasteiger partial charge on any atom is -1.00 e. The molecule has 3 heterocycles. The van der Waals surface area contributed by atoms with Gasteiger partial charge < -0.3 is 26.2 Å². The predicted octanol–water partition coefficient (Wildman–Crippen LogP) is 2.39.